The molecule has 2 amide bonds. The van der Waals surface area contributed by atoms with Crippen LogP contribution in [-0.4, -0.2) is 17.9 Å². The van der Waals surface area contributed by atoms with Gasteiger partial charge in [0.2, 0.25) is 0 Å². The Morgan fingerprint density at radius 2 is 1.60 bits per heavy atom. The first-order chi connectivity index (χ1) is 7.02. The lowest BCUT2D eigenvalue weighted by Crippen LogP contribution is -2.48. The van der Waals surface area contributed by atoms with Crippen LogP contribution in [0.2, 0.25) is 0 Å². The van der Waals surface area contributed by atoms with Crippen LogP contribution >= 0.6 is 0 Å². The van der Waals surface area contributed by atoms with Crippen molar-refractivity contribution < 1.29 is 9.59 Å². The van der Waals surface area contributed by atoms with Crippen molar-refractivity contribution in [1.29, 1.82) is 0 Å². The Kier molecular flexibility index (Phi) is 4.08. The van der Waals surface area contributed by atoms with Gasteiger partial charge < -0.3 is 5.32 Å². The SMILES string of the molecule is CC1CC(C)CC(NC(=O)C(=O)NN)C1. The molecule has 2 atom stereocenters. The van der Waals surface area contributed by atoms with Gasteiger partial charge in [0.1, 0.15) is 0 Å². The third kappa shape index (κ3) is 3.51. The molecule has 2 unspecified atom stereocenters. The molecule has 0 heterocycles. The van der Waals surface area contributed by atoms with Crippen molar-refractivity contribution in [3.05, 3.63) is 0 Å². The van der Waals surface area contributed by atoms with E-state index >= 15 is 0 Å². The molecule has 5 heteroatoms. The average molecular weight is 213 g/mol. The molecule has 1 aliphatic carbocycles. The average Bonchev–Trinajstić information content (AvgIpc) is 2.14. The molecule has 5 nitrogen and oxygen atoms in total. The highest BCUT2D eigenvalue weighted by Crippen LogP contribution is 2.28. The van der Waals surface area contributed by atoms with Gasteiger partial charge in [-0.3, -0.25) is 15.0 Å². The monoisotopic (exact) mass is 213 g/mol. The molecule has 0 radical (unpaired) electrons. The number of hydrogen-bond donors (Lipinski definition) is 3. The maximum absolute atomic E-state index is 11.3. The van der Waals surface area contributed by atoms with E-state index < -0.39 is 11.8 Å². The van der Waals surface area contributed by atoms with E-state index in [-0.39, 0.29) is 6.04 Å². The van der Waals surface area contributed by atoms with Crippen LogP contribution in [0.4, 0.5) is 0 Å². The standard InChI is InChI=1S/C10H19N3O2/c1-6-3-7(2)5-8(4-6)12-9(14)10(15)13-11/h6-8H,3-5,11H2,1-2H3,(H,12,14)(H,13,15). The summed E-state index contributed by atoms with van der Waals surface area (Å²) in [6, 6.07) is 0.105. The predicted molar refractivity (Wildman–Crippen MR) is 56.4 cm³/mol. The minimum Gasteiger partial charge on any atom is -0.345 e. The third-order valence-electron chi connectivity index (χ3n) is 2.85. The number of carbonyl (C=O) groups excluding carboxylic acids is 2. The summed E-state index contributed by atoms with van der Waals surface area (Å²) in [5, 5.41) is 2.70. The molecule has 15 heavy (non-hydrogen) atoms. The largest absolute Gasteiger partial charge is 0.345 e. The van der Waals surface area contributed by atoms with Crippen molar-refractivity contribution in [3.63, 3.8) is 0 Å². The van der Waals surface area contributed by atoms with Crippen LogP contribution in [-0.2, 0) is 9.59 Å². The van der Waals surface area contributed by atoms with E-state index in [0.717, 1.165) is 12.8 Å². The molecule has 1 rings (SSSR count). The molecule has 0 saturated heterocycles. The number of hydrogen-bond acceptors (Lipinski definition) is 3. The van der Waals surface area contributed by atoms with Gasteiger partial charge in [0.05, 0.1) is 0 Å². The second-order valence-electron chi connectivity index (χ2n) is 4.56. The van der Waals surface area contributed by atoms with E-state index in [9.17, 15) is 9.59 Å². The van der Waals surface area contributed by atoms with E-state index in [1.54, 1.807) is 0 Å². The van der Waals surface area contributed by atoms with Crippen molar-refractivity contribution in [1.82, 2.24) is 10.7 Å². The van der Waals surface area contributed by atoms with E-state index in [1.807, 2.05) is 5.43 Å². The quantitative estimate of drug-likeness (QED) is 0.246. The summed E-state index contributed by atoms with van der Waals surface area (Å²) in [7, 11) is 0. The van der Waals surface area contributed by atoms with Crippen molar-refractivity contribution >= 4 is 11.8 Å². The lowest BCUT2D eigenvalue weighted by atomic mass is 9.80. The summed E-state index contributed by atoms with van der Waals surface area (Å²) >= 11 is 0. The van der Waals surface area contributed by atoms with E-state index in [4.69, 9.17) is 5.84 Å². The lowest BCUT2D eigenvalue weighted by Gasteiger charge is -2.31. The Morgan fingerprint density at radius 1 is 1.07 bits per heavy atom. The highest BCUT2D eigenvalue weighted by atomic mass is 16.2. The van der Waals surface area contributed by atoms with Gasteiger partial charge in [0.15, 0.2) is 0 Å². The van der Waals surface area contributed by atoms with E-state index in [0.29, 0.717) is 11.8 Å². The van der Waals surface area contributed by atoms with Crippen LogP contribution in [0, 0.1) is 11.8 Å². The number of nitrogens with one attached hydrogen (secondary N) is 2. The molecule has 0 aromatic carbocycles. The molecular weight excluding hydrogens is 194 g/mol. The summed E-state index contributed by atoms with van der Waals surface area (Å²) < 4.78 is 0. The normalized spacial score (nSPS) is 30.7. The van der Waals surface area contributed by atoms with Crippen LogP contribution in [0.5, 0.6) is 0 Å². The topological polar surface area (TPSA) is 84.2 Å². The van der Waals surface area contributed by atoms with Crippen molar-refractivity contribution in [2.45, 2.75) is 39.2 Å². The second-order valence-corrected chi connectivity index (χ2v) is 4.56. The minimum atomic E-state index is -0.777. The fourth-order valence-electron chi connectivity index (χ4n) is 2.38. The van der Waals surface area contributed by atoms with Gasteiger partial charge in [0.25, 0.3) is 0 Å². The zero-order valence-corrected chi connectivity index (χ0v) is 9.25. The van der Waals surface area contributed by atoms with Crippen LogP contribution < -0.4 is 16.6 Å². The van der Waals surface area contributed by atoms with Crippen LogP contribution in [0.1, 0.15) is 33.1 Å². The number of carbonyl (C=O) groups is 2. The Morgan fingerprint density at radius 3 is 2.07 bits per heavy atom. The molecule has 1 saturated carbocycles. The number of hydrazine groups is 1. The summed E-state index contributed by atoms with van der Waals surface area (Å²) in [6.07, 6.45) is 3.07. The number of nitrogens with two attached hydrogens (primary N) is 1. The maximum Gasteiger partial charge on any atom is 0.323 e. The van der Waals surface area contributed by atoms with Gasteiger partial charge in [-0.1, -0.05) is 13.8 Å². The summed E-state index contributed by atoms with van der Waals surface area (Å²) in [4.78, 5) is 22.2. The lowest BCUT2D eigenvalue weighted by molar-refractivity contribution is -0.139. The predicted octanol–water partition coefficient (Wildman–Crippen LogP) is -0.0828. The maximum atomic E-state index is 11.3. The van der Waals surface area contributed by atoms with Gasteiger partial charge in [-0.05, 0) is 31.1 Å². The summed E-state index contributed by atoms with van der Waals surface area (Å²) in [5.74, 6) is 4.65. The van der Waals surface area contributed by atoms with Gasteiger partial charge in [-0.15, -0.1) is 0 Å². The molecule has 86 valence electrons. The first-order valence-corrected chi connectivity index (χ1v) is 5.34. The van der Waals surface area contributed by atoms with E-state index in [1.165, 1.54) is 6.42 Å². The third-order valence-corrected chi connectivity index (χ3v) is 2.85. The summed E-state index contributed by atoms with van der Waals surface area (Å²) in [6.45, 7) is 4.33. The van der Waals surface area contributed by atoms with Crippen molar-refractivity contribution in [2.24, 2.45) is 17.7 Å². The molecule has 4 N–H and O–H groups in total. The first-order valence-electron chi connectivity index (χ1n) is 5.34. The molecule has 0 aromatic rings. The number of rotatable bonds is 1. The van der Waals surface area contributed by atoms with Crippen LogP contribution in [0.15, 0.2) is 0 Å². The van der Waals surface area contributed by atoms with Gasteiger partial charge in [0, 0.05) is 6.04 Å². The zero-order valence-electron chi connectivity index (χ0n) is 9.25. The number of amides is 2. The molecular formula is C10H19N3O2. The fourth-order valence-corrected chi connectivity index (χ4v) is 2.38. The Bertz CT molecular complexity index is 245. The molecule has 1 aliphatic rings. The molecule has 0 bridgehead atoms. The minimum absolute atomic E-state index is 0.105. The van der Waals surface area contributed by atoms with Crippen molar-refractivity contribution in [3.8, 4) is 0 Å². The second kappa shape index (κ2) is 5.11. The Labute approximate surface area is 89.8 Å². The highest BCUT2D eigenvalue weighted by molar-refractivity contribution is 6.34. The molecule has 0 aromatic heterocycles. The van der Waals surface area contributed by atoms with Crippen LogP contribution in [0.25, 0.3) is 0 Å². The fraction of sp³-hybridized carbons (Fsp3) is 0.800. The smallest absolute Gasteiger partial charge is 0.323 e. The van der Waals surface area contributed by atoms with Crippen LogP contribution in [0.3, 0.4) is 0 Å². The zero-order chi connectivity index (χ0) is 11.4. The summed E-state index contributed by atoms with van der Waals surface area (Å²) in [5.41, 5.74) is 1.83. The van der Waals surface area contributed by atoms with E-state index in [2.05, 4.69) is 19.2 Å². The van der Waals surface area contributed by atoms with Gasteiger partial charge in [-0.2, -0.15) is 0 Å². The Balaban J connectivity index is 2.44. The Hall–Kier alpha value is -1.10. The molecule has 0 spiro atoms. The first kappa shape index (κ1) is 12.0. The van der Waals surface area contributed by atoms with Gasteiger partial charge >= 0.3 is 11.8 Å². The molecule has 0 aliphatic heterocycles. The molecule has 1 fully saturated rings. The highest BCUT2D eigenvalue weighted by Gasteiger charge is 2.26. The van der Waals surface area contributed by atoms with Crippen molar-refractivity contribution in [2.75, 3.05) is 0 Å². The van der Waals surface area contributed by atoms with Gasteiger partial charge in [-0.25, -0.2) is 5.84 Å².